The first kappa shape index (κ1) is 23.8. The highest BCUT2D eigenvalue weighted by molar-refractivity contribution is 7.89. The molecule has 0 N–H and O–H groups in total. The average molecular weight is 511 g/mol. The number of anilines is 1. The Kier molecular flexibility index (Phi) is 6.33. The van der Waals surface area contributed by atoms with Gasteiger partial charge in [-0.1, -0.05) is 18.2 Å². The van der Waals surface area contributed by atoms with Crippen LogP contribution in [0.4, 0.5) is 5.13 Å². The fraction of sp³-hybridized carbons (Fsp3) is 0.346. The van der Waals surface area contributed by atoms with Crippen molar-refractivity contribution in [3.8, 4) is 5.75 Å². The number of aryl methyl sites for hydroxylation is 2. The van der Waals surface area contributed by atoms with Gasteiger partial charge in [0.25, 0.3) is 0 Å². The van der Waals surface area contributed by atoms with Gasteiger partial charge in [-0.05, 0) is 48.7 Å². The van der Waals surface area contributed by atoms with Crippen LogP contribution >= 0.6 is 11.3 Å². The molecule has 2 aromatic carbocycles. The Morgan fingerprint density at radius 2 is 1.83 bits per heavy atom. The maximum absolute atomic E-state index is 13.4. The van der Waals surface area contributed by atoms with Crippen molar-refractivity contribution in [2.24, 2.45) is 7.05 Å². The van der Waals surface area contributed by atoms with E-state index in [0.717, 1.165) is 45.0 Å². The predicted molar refractivity (Wildman–Crippen MR) is 141 cm³/mol. The minimum absolute atomic E-state index is 0.379. The van der Waals surface area contributed by atoms with E-state index in [2.05, 4.69) is 36.3 Å². The summed E-state index contributed by atoms with van der Waals surface area (Å²) in [6.45, 7) is 6.26. The summed E-state index contributed by atoms with van der Waals surface area (Å²) in [6.07, 6.45) is 2.64. The molecule has 1 fully saturated rings. The van der Waals surface area contributed by atoms with Crippen molar-refractivity contribution in [2.45, 2.75) is 25.2 Å². The number of aromatic nitrogens is 2. The first-order valence-electron chi connectivity index (χ1n) is 11.7. The average Bonchev–Trinajstić information content (AvgIpc) is 3.48. The third-order valence-electron chi connectivity index (χ3n) is 6.85. The summed E-state index contributed by atoms with van der Waals surface area (Å²) >= 11 is 1.62. The zero-order valence-electron chi connectivity index (χ0n) is 20.5. The third kappa shape index (κ3) is 4.32. The summed E-state index contributed by atoms with van der Waals surface area (Å²) in [5, 5.41) is 3.81. The van der Waals surface area contributed by atoms with E-state index in [1.54, 1.807) is 28.8 Å². The number of fused-ring (bicyclic) bond motifs is 1. The van der Waals surface area contributed by atoms with Gasteiger partial charge in [0.15, 0.2) is 5.13 Å². The summed E-state index contributed by atoms with van der Waals surface area (Å²) in [4.78, 5) is 7.44. The highest BCUT2D eigenvalue weighted by Crippen LogP contribution is 2.31. The van der Waals surface area contributed by atoms with Crippen LogP contribution in [0.25, 0.3) is 10.9 Å². The van der Waals surface area contributed by atoms with Gasteiger partial charge in [0, 0.05) is 62.1 Å². The first-order chi connectivity index (χ1) is 16.8. The van der Waals surface area contributed by atoms with Gasteiger partial charge < -0.3 is 14.2 Å². The normalized spacial score (nSPS) is 15.1. The maximum atomic E-state index is 13.4. The number of hydrogen-bond donors (Lipinski definition) is 0. The lowest BCUT2D eigenvalue weighted by atomic mass is 10.0. The summed E-state index contributed by atoms with van der Waals surface area (Å²) in [7, 11) is 0.0686. The van der Waals surface area contributed by atoms with Crippen molar-refractivity contribution in [2.75, 3.05) is 38.2 Å². The fourth-order valence-corrected chi connectivity index (χ4v) is 7.35. The van der Waals surface area contributed by atoms with Crippen LogP contribution in [0.2, 0.25) is 0 Å². The monoisotopic (exact) mass is 510 g/mol. The molecule has 0 atom stereocenters. The first-order valence-corrected chi connectivity index (χ1v) is 14.0. The van der Waals surface area contributed by atoms with Gasteiger partial charge in [0.1, 0.15) is 5.75 Å². The predicted octanol–water partition coefficient (Wildman–Crippen LogP) is 4.36. The molecular weight excluding hydrogens is 480 g/mol. The van der Waals surface area contributed by atoms with E-state index in [1.165, 1.54) is 5.56 Å². The zero-order valence-corrected chi connectivity index (χ0v) is 22.1. The Balaban J connectivity index is 1.28. The minimum atomic E-state index is -3.57. The Morgan fingerprint density at radius 3 is 2.57 bits per heavy atom. The van der Waals surface area contributed by atoms with Crippen LogP contribution in [0.5, 0.6) is 5.75 Å². The van der Waals surface area contributed by atoms with Crippen molar-refractivity contribution >= 4 is 37.4 Å². The SMILES string of the molecule is COc1c(C)ccc(Cc2csc(N3CCN(S(=O)(=O)c4cccc5c4ccn5C)CC3)n2)c1C. The molecule has 0 spiro atoms. The van der Waals surface area contributed by atoms with Gasteiger partial charge in [0.05, 0.1) is 17.7 Å². The molecule has 0 bridgehead atoms. The van der Waals surface area contributed by atoms with E-state index in [1.807, 2.05) is 36.0 Å². The van der Waals surface area contributed by atoms with E-state index >= 15 is 0 Å². The summed E-state index contributed by atoms with van der Waals surface area (Å²) in [5.74, 6) is 0.932. The highest BCUT2D eigenvalue weighted by atomic mass is 32.2. The number of sulfonamides is 1. The van der Waals surface area contributed by atoms with Crippen LogP contribution in [-0.4, -0.2) is 55.6 Å². The van der Waals surface area contributed by atoms with Crippen molar-refractivity contribution in [1.29, 1.82) is 0 Å². The van der Waals surface area contributed by atoms with Crippen molar-refractivity contribution in [1.82, 2.24) is 13.9 Å². The number of benzene rings is 2. The molecule has 1 saturated heterocycles. The second-order valence-corrected chi connectivity index (χ2v) is 11.7. The quantitative estimate of drug-likeness (QED) is 0.386. The Labute approximate surface area is 210 Å². The van der Waals surface area contributed by atoms with Crippen LogP contribution in [0, 0.1) is 13.8 Å². The molecular formula is C26H30N4O3S2. The minimum Gasteiger partial charge on any atom is -0.496 e. The number of rotatable bonds is 6. The molecule has 1 aliphatic heterocycles. The Bertz CT molecular complexity index is 1480. The molecule has 5 rings (SSSR count). The molecule has 2 aromatic heterocycles. The van der Waals surface area contributed by atoms with Crippen molar-refractivity contribution in [3.05, 3.63) is 70.4 Å². The van der Waals surface area contributed by atoms with Crippen molar-refractivity contribution in [3.63, 3.8) is 0 Å². The summed E-state index contributed by atoms with van der Waals surface area (Å²) in [5.41, 5.74) is 5.42. The molecule has 1 aliphatic rings. The second-order valence-electron chi connectivity index (χ2n) is 9.00. The van der Waals surface area contributed by atoms with Gasteiger partial charge in [0.2, 0.25) is 10.0 Å². The number of nitrogens with zero attached hydrogens (tertiary/aromatic N) is 4. The zero-order chi connectivity index (χ0) is 24.7. The lowest BCUT2D eigenvalue weighted by Crippen LogP contribution is -2.48. The van der Waals surface area contributed by atoms with E-state index in [-0.39, 0.29) is 0 Å². The van der Waals surface area contributed by atoms with Gasteiger partial charge in [-0.25, -0.2) is 13.4 Å². The molecule has 0 saturated carbocycles. The van der Waals surface area contributed by atoms with Crippen LogP contribution in [0.3, 0.4) is 0 Å². The number of methoxy groups -OCH3 is 1. The smallest absolute Gasteiger partial charge is 0.243 e. The van der Waals surface area contributed by atoms with Gasteiger partial charge >= 0.3 is 0 Å². The van der Waals surface area contributed by atoms with Crippen LogP contribution in [0.15, 0.2) is 52.9 Å². The summed E-state index contributed by atoms with van der Waals surface area (Å²) in [6, 6.07) is 11.6. The van der Waals surface area contributed by atoms with E-state index in [4.69, 9.17) is 9.72 Å². The highest BCUT2D eigenvalue weighted by Gasteiger charge is 2.31. The molecule has 0 unspecified atom stereocenters. The maximum Gasteiger partial charge on any atom is 0.243 e. The van der Waals surface area contributed by atoms with Gasteiger partial charge in [-0.2, -0.15) is 4.31 Å². The van der Waals surface area contributed by atoms with Crippen molar-refractivity contribution < 1.29 is 13.2 Å². The number of piperazine rings is 1. The number of hydrogen-bond acceptors (Lipinski definition) is 6. The fourth-order valence-electron chi connectivity index (χ4n) is 4.85. The van der Waals surface area contributed by atoms with E-state index in [9.17, 15) is 8.42 Å². The lowest BCUT2D eigenvalue weighted by Gasteiger charge is -2.33. The molecule has 184 valence electrons. The third-order valence-corrected chi connectivity index (χ3v) is 9.75. The van der Waals surface area contributed by atoms with Crippen LogP contribution in [0.1, 0.15) is 22.4 Å². The second kappa shape index (κ2) is 9.29. The van der Waals surface area contributed by atoms with Gasteiger partial charge in [-0.15, -0.1) is 11.3 Å². The summed E-state index contributed by atoms with van der Waals surface area (Å²) < 4.78 is 36.0. The number of thiazole rings is 1. The largest absolute Gasteiger partial charge is 0.496 e. The van der Waals surface area contributed by atoms with Crippen LogP contribution in [-0.2, 0) is 23.5 Å². The molecule has 0 amide bonds. The molecule has 0 radical (unpaired) electrons. The standard InChI is InChI=1S/C26H30N4O3S2/c1-18-8-9-20(19(2)25(18)33-4)16-21-17-34-26(27-21)29-12-14-30(15-13-29)35(31,32)24-7-5-6-23-22(24)10-11-28(23)3/h5-11,17H,12-16H2,1-4H3. The number of ether oxygens (including phenoxy) is 1. The Hall–Kier alpha value is -2.88. The molecule has 9 heteroatoms. The molecule has 35 heavy (non-hydrogen) atoms. The molecule has 4 aromatic rings. The topological polar surface area (TPSA) is 67.7 Å². The van der Waals surface area contributed by atoms with Crippen LogP contribution < -0.4 is 9.64 Å². The van der Waals surface area contributed by atoms with E-state index in [0.29, 0.717) is 31.1 Å². The van der Waals surface area contributed by atoms with Gasteiger partial charge in [-0.3, -0.25) is 0 Å². The molecule has 7 nitrogen and oxygen atoms in total. The molecule has 3 heterocycles. The Morgan fingerprint density at radius 1 is 1.06 bits per heavy atom. The molecule has 0 aliphatic carbocycles. The van der Waals surface area contributed by atoms with E-state index < -0.39 is 10.0 Å². The lowest BCUT2D eigenvalue weighted by molar-refractivity contribution is 0.385.